The topological polar surface area (TPSA) is 115 Å². The maximum absolute atomic E-state index is 13.6. The van der Waals surface area contributed by atoms with E-state index < -0.39 is 43.1 Å². The molecule has 0 radical (unpaired) electrons. The van der Waals surface area contributed by atoms with Crippen LogP contribution in [0.15, 0.2) is 17.0 Å². The summed E-state index contributed by atoms with van der Waals surface area (Å²) in [7, 11) is -4.14. The van der Waals surface area contributed by atoms with Crippen molar-refractivity contribution in [2.45, 2.75) is 24.8 Å². The molecule has 1 aromatic rings. The minimum Gasteiger partial charge on any atom is -0.397 e. The number of nitrogens with zero attached hydrogens (tertiary/aromatic N) is 1. The smallest absolute Gasteiger partial charge is 0.274 e. The van der Waals surface area contributed by atoms with Crippen molar-refractivity contribution in [2.24, 2.45) is 0 Å². The van der Waals surface area contributed by atoms with E-state index in [9.17, 15) is 22.9 Å². The summed E-state index contributed by atoms with van der Waals surface area (Å²) in [6.07, 6.45) is 0. The normalized spacial score (nSPS) is 11.8. The van der Waals surface area contributed by atoms with E-state index in [2.05, 4.69) is 4.72 Å². The van der Waals surface area contributed by atoms with Gasteiger partial charge in [0.15, 0.2) is 5.82 Å². The zero-order valence-corrected chi connectivity index (χ0v) is 10.5. The van der Waals surface area contributed by atoms with Crippen LogP contribution in [0.2, 0.25) is 0 Å². The molecule has 0 heterocycles. The Morgan fingerprint density at radius 1 is 1.44 bits per heavy atom. The molecule has 0 aliphatic carbocycles. The van der Waals surface area contributed by atoms with Gasteiger partial charge in [-0.1, -0.05) is 0 Å². The quantitative estimate of drug-likeness (QED) is 0.484. The number of nitrogen functional groups attached to an aromatic ring is 1. The molecule has 0 atom stereocenters. The third-order valence-electron chi connectivity index (χ3n) is 1.93. The Balaban J connectivity index is 3.40. The number of nitrogens with one attached hydrogen (secondary N) is 1. The highest BCUT2D eigenvalue weighted by Crippen LogP contribution is 2.27. The molecule has 0 unspecified atom stereocenters. The lowest BCUT2D eigenvalue weighted by Crippen LogP contribution is -2.31. The minimum absolute atomic E-state index is 0.455. The monoisotopic (exact) mass is 277 g/mol. The lowest BCUT2D eigenvalue weighted by atomic mass is 10.3. The van der Waals surface area contributed by atoms with Crippen LogP contribution >= 0.6 is 0 Å². The van der Waals surface area contributed by atoms with Crippen LogP contribution < -0.4 is 10.5 Å². The molecule has 0 spiro atoms. The first-order valence-electron chi connectivity index (χ1n) is 4.91. The highest BCUT2D eigenvalue weighted by molar-refractivity contribution is 7.89. The molecule has 100 valence electrons. The van der Waals surface area contributed by atoms with E-state index in [0.29, 0.717) is 6.07 Å². The molecule has 0 fully saturated rings. The summed E-state index contributed by atoms with van der Waals surface area (Å²) in [5, 5.41) is 10.5. The van der Waals surface area contributed by atoms with Crippen LogP contribution in [0.5, 0.6) is 0 Å². The molecule has 9 heteroatoms. The molecule has 0 amide bonds. The van der Waals surface area contributed by atoms with Crippen molar-refractivity contribution in [3.05, 3.63) is 28.1 Å². The van der Waals surface area contributed by atoms with Gasteiger partial charge in [-0.3, -0.25) is 10.1 Å². The van der Waals surface area contributed by atoms with Gasteiger partial charge in [0.1, 0.15) is 4.90 Å². The minimum atomic E-state index is -4.14. The second-order valence-corrected chi connectivity index (χ2v) is 5.53. The van der Waals surface area contributed by atoms with E-state index in [1.165, 1.54) is 0 Å². The molecule has 0 aliphatic heterocycles. The average Bonchev–Trinajstić information content (AvgIpc) is 2.12. The van der Waals surface area contributed by atoms with E-state index in [-0.39, 0.29) is 0 Å². The van der Waals surface area contributed by atoms with Crippen LogP contribution in [0.1, 0.15) is 13.8 Å². The molecule has 7 nitrogen and oxygen atoms in total. The fraction of sp³-hybridized carbons (Fsp3) is 0.333. The number of nitrogens with two attached hydrogens (primary N) is 1. The SMILES string of the molecule is CC(C)NS(=O)(=O)c1c(N)cc([N+](=O)[O-])cc1F. The average molecular weight is 277 g/mol. The highest BCUT2D eigenvalue weighted by atomic mass is 32.2. The summed E-state index contributed by atoms with van der Waals surface area (Å²) in [6.45, 7) is 3.11. The number of halogens is 1. The largest absolute Gasteiger partial charge is 0.397 e. The van der Waals surface area contributed by atoms with Gasteiger partial charge in [-0.15, -0.1) is 0 Å². The van der Waals surface area contributed by atoms with Gasteiger partial charge in [0, 0.05) is 12.1 Å². The third kappa shape index (κ3) is 2.93. The van der Waals surface area contributed by atoms with Gasteiger partial charge in [0.05, 0.1) is 16.7 Å². The molecule has 18 heavy (non-hydrogen) atoms. The van der Waals surface area contributed by atoms with Gasteiger partial charge in [0.25, 0.3) is 5.69 Å². The lowest BCUT2D eigenvalue weighted by Gasteiger charge is -2.12. The molecule has 0 bridgehead atoms. The maximum Gasteiger partial charge on any atom is 0.274 e. The molecular weight excluding hydrogens is 265 g/mol. The lowest BCUT2D eigenvalue weighted by molar-refractivity contribution is -0.385. The number of nitro groups is 1. The zero-order valence-electron chi connectivity index (χ0n) is 9.68. The van der Waals surface area contributed by atoms with Crippen LogP contribution in [-0.2, 0) is 10.0 Å². The predicted molar refractivity (Wildman–Crippen MR) is 62.9 cm³/mol. The number of sulfonamides is 1. The van der Waals surface area contributed by atoms with Gasteiger partial charge >= 0.3 is 0 Å². The molecular formula is C9H12FN3O4S. The van der Waals surface area contributed by atoms with Crippen molar-refractivity contribution in [1.82, 2.24) is 4.72 Å². The summed E-state index contributed by atoms with van der Waals surface area (Å²) in [5.41, 5.74) is 4.25. The summed E-state index contributed by atoms with van der Waals surface area (Å²) in [5.74, 6) is -1.25. The zero-order chi connectivity index (χ0) is 14.1. The van der Waals surface area contributed by atoms with Crippen molar-refractivity contribution in [2.75, 3.05) is 5.73 Å². The van der Waals surface area contributed by atoms with Crippen LogP contribution in [0, 0.1) is 15.9 Å². The van der Waals surface area contributed by atoms with Gasteiger partial charge in [0.2, 0.25) is 10.0 Å². The number of anilines is 1. The maximum atomic E-state index is 13.6. The molecule has 0 saturated heterocycles. The van der Waals surface area contributed by atoms with E-state index >= 15 is 0 Å². The highest BCUT2D eigenvalue weighted by Gasteiger charge is 2.26. The van der Waals surface area contributed by atoms with Crippen LogP contribution in [0.25, 0.3) is 0 Å². The van der Waals surface area contributed by atoms with Gasteiger partial charge in [-0.05, 0) is 13.8 Å². The molecule has 0 aliphatic rings. The number of hydrogen-bond acceptors (Lipinski definition) is 5. The second kappa shape index (κ2) is 4.86. The summed E-state index contributed by atoms with van der Waals surface area (Å²) < 4.78 is 39.3. The molecule has 1 rings (SSSR count). The summed E-state index contributed by atoms with van der Waals surface area (Å²) >= 11 is 0. The number of benzene rings is 1. The fourth-order valence-corrected chi connectivity index (χ4v) is 2.78. The molecule has 3 N–H and O–H groups in total. The van der Waals surface area contributed by atoms with Gasteiger partial charge in [-0.2, -0.15) is 0 Å². The number of rotatable bonds is 4. The Bertz CT molecular complexity index is 562. The first-order valence-corrected chi connectivity index (χ1v) is 6.39. The third-order valence-corrected chi connectivity index (χ3v) is 3.68. The van der Waals surface area contributed by atoms with Crippen molar-refractivity contribution in [3.8, 4) is 0 Å². The number of non-ortho nitro benzene ring substituents is 1. The predicted octanol–water partition coefficient (Wildman–Crippen LogP) is 1.00. The second-order valence-electron chi connectivity index (χ2n) is 3.88. The van der Waals surface area contributed by atoms with Gasteiger partial charge < -0.3 is 5.73 Å². The van der Waals surface area contributed by atoms with E-state index in [1.54, 1.807) is 13.8 Å². The number of hydrogen-bond donors (Lipinski definition) is 2. The van der Waals surface area contributed by atoms with E-state index in [4.69, 9.17) is 5.73 Å². The fourth-order valence-electron chi connectivity index (χ4n) is 1.36. The first kappa shape index (κ1) is 14.3. The van der Waals surface area contributed by atoms with Gasteiger partial charge in [-0.25, -0.2) is 17.5 Å². The van der Waals surface area contributed by atoms with Crippen LogP contribution in [0.3, 0.4) is 0 Å². The number of nitro benzene ring substituents is 1. The summed E-state index contributed by atoms with van der Waals surface area (Å²) in [6, 6.07) is 0.868. The van der Waals surface area contributed by atoms with Crippen molar-refractivity contribution >= 4 is 21.4 Å². The van der Waals surface area contributed by atoms with E-state index in [1.807, 2.05) is 0 Å². The van der Waals surface area contributed by atoms with Crippen molar-refractivity contribution in [3.63, 3.8) is 0 Å². The Morgan fingerprint density at radius 2 is 2.00 bits per heavy atom. The Morgan fingerprint density at radius 3 is 2.39 bits per heavy atom. The Labute approximate surface area is 103 Å². The standard InChI is InChI=1S/C9H12FN3O4S/c1-5(2)12-18(16,17)9-7(10)3-6(13(14)15)4-8(9)11/h3-5,12H,11H2,1-2H3. The van der Waals surface area contributed by atoms with Crippen molar-refractivity contribution < 1.29 is 17.7 Å². The molecule has 0 aromatic heterocycles. The Hall–Kier alpha value is -1.74. The first-order chi connectivity index (χ1) is 8.15. The summed E-state index contributed by atoms with van der Waals surface area (Å²) in [4.78, 5) is 8.83. The van der Waals surface area contributed by atoms with Crippen LogP contribution in [0.4, 0.5) is 15.8 Å². The van der Waals surface area contributed by atoms with Crippen molar-refractivity contribution in [1.29, 1.82) is 0 Å². The Kier molecular flexibility index (Phi) is 3.87. The van der Waals surface area contributed by atoms with Crippen LogP contribution in [-0.4, -0.2) is 19.4 Å². The van der Waals surface area contributed by atoms with E-state index in [0.717, 1.165) is 6.07 Å². The molecule has 0 saturated carbocycles. The molecule has 1 aromatic carbocycles.